The van der Waals surface area contributed by atoms with Crippen molar-refractivity contribution in [2.24, 2.45) is 0 Å². The number of pyridine rings is 1. The zero-order chi connectivity index (χ0) is 20.1. The molecule has 1 fully saturated rings. The molecule has 0 radical (unpaired) electrons. The molecule has 0 bridgehead atoms. The fourth-order valence-electron chi connectivity index (χ4n) is 3.93. The van der Waals surface area contributed by atoms with Crippen LogP contribution in [0.3, 0.4) is 0 Å². The van der Waals surface area contributed by atoms with Gasteiger partial charge in [0.15, 0.2) is 0 Å². The van der Waals surface area contributed by atoms with Gasteiger partial charge in [-0.05, 0) is 39.2 Å². The zero-order valence-corrected chi connectivity index (χ0v) is 16.7. The number of amides is 1. The average Bonchev–Trinajstić information content (AvgIpc) is 2.92. The van der Waals surface area contributed by atoms with Gasteiger partial charge in [0.2, 0.25) is 5.91 Å². The van der Waals surface area contributed by atoms with E-state index in [9.17, 15) is 10.1 Å². The van der Waals surface area contributed by atoms with Gasteiger partial charge in [-0.25, -0.2) is 9.97 Å². The molecule has 1 aliphatic rings. The highest BCUT2D eigenvalue weighted by Crippen LogP contribution is 2.27. The summed E-state index contributed by atoms with van der Waals surface area (Å²) in [4.78, 5) is 29.0. The first-order chi connectivity index (χ1) is 13.5. The van der Waals surface area contributed by atoms with Crippen LogP contribution in [-0.4, -0.2) is 44.9 Å². The highest BCUT2D eigenvalue weighted by Gasteiger charge is 2.26. The molecule has 7 heteroatoms. The molecule has 3 rings (SSSR count). The Labute approximate surface area is 166 Å². The van der Waals surface area contributed by atoms with E-state index in [2.05, 4.69) is 25.9 Å². The summed E-state index contributed by atoms with van der Waals surface area (Å²) in [5.74, 6) is 0.0654. The third-order valence-corrected chi connectivity index (χ3v) is 5.27. The van der Waals surface area contributed by atoms with Crippen LogP contribution in [0.15, 0.2) is 24.8 Å². The maximum atomic E-state index is 12.3. The molecule has 2 aromatic heterocycles. The van der Waals surface area contributed by atoms with Gasteiger partial charge in [-0.1, -0.05) is 0 Å². The van der Waals surface area contributed by atoms with Crippen molar-refractivity contribution in [1.82, 2.24) is 19.9 Å². The summed E-state index contributed by atoms with van der Waals surface area (Å²) >= 11 is 0. The number of nitriles is 1. The summed E-state index contributed by atoms with van der Waals surface area (Å²) in [5.41, 5.74) is 4.23. The first-order valence-electron chi connectivity index (χ1n) is 9.64. The lowest BCUT2D eigenvalue weighted by atomic mass is 10.1. The molecule has 2 aromatic rings. The quantitative estimate of drug-likeness (QED) is 0.813. The monoisotopic (exact) mass is 378 g/mol. The van der Waals surface area contributed by atoms with Crippen LogP contribution in [-0.2, 0) is 11.3 Å². The number of hydrogen-bond donors (Lipinski definition) is 0. The van der Waals surface area contributed by atoms with E-state index in [1.54, 1.807) is 19.3 Å². The van der Waals surface area contributed by atoms with Gasteiger partial charge in [-0.2, -0.15) is 5.26 Å². The van der Waals surface area contributed by atoms with Crippen molar-refractivity contribution in [1.29, 1.82) is 5.26 Å². The molecule has 0 aromatic carbocycles. The number of rotatable bonds is 4. The minimum atomic E-state index is 0.0654. The predicted molar refractivity (Wildman–Crippen MR) is 107 cm³/mol. The third-order valence-electron chi connectivity index (χ3n) is 5.27. The Bertz CT molecular complexity index is 876. The Morgan fingerprint density at radius 2 is 2.04 bits per heavy atom. The average molecular weight is 378 g/mol. The van der Waals surface area contributed by atoms with Gasteiger partial charge < -0.3 is 9.80 Å². The molecule has 1 aliphatic heterocycles. The summed E-state index contributed by atoms with van der Waals surface area (Å²) < 4.78 is 0. The van der Waals surface area contributed by atoms with Crippen LogP contribution in [0.4, 0.5) is 5.69 Å². The van der Waals surface area contributed by atoms with Crippen LogP contribution >= 0.6 is 0 Å². The summed E-state index contributed by atoms with van der Waals surface area (Å²) in [5, 5.41) is 9.59. The molecule has 0 spiro atoms. The number of carbonyl (C=O) groups excluding carboxylic acids is 1. The van der Waals surface area contributed by atoms with Gasteiger partial charge in [-0.3, -0.25) is 9.78 Å². The summed E-state index contributed by atoms with van der Waals surface area (Å²) in [6.45, 7) is 7.66. The van der Waals surface area contributed by atoms with E-state index in [4.69, 9.17) is 0 Å². The molecule has 0 saturated carbocycles. The summed E-state index contributed by atoms with van der Waals surface area (Å²) in [6, 6.07) is 4.47. The minimum Gasteiger partial charge on any atom is -0.370 e. The molecule has 1 amide bonds. The van der Waals surface area contributed by atoms with Crippen LogP contribution in [0.1, 0.15) is 48.7 Å². The maximum absolute atomic E-state index is 12.3. The van der Waals surface area contributed by atoms with Crippen molar-refractivity contribution in [2.75, 3.05) is 18.0 Å². The van der Waals surface area contributed by atoms with Crippen molar-refractivity contribution in [3.05, 3.63) is 47.3 Å². The van der Waals surface area contributed by atoms with Crippen molar-refractivity contribution >= 4 is 11.6 Å². The topological polar surface area (TPSA) is 86.0 Å². The molecular formula is C21H26N6O. The van der Waals surface area contributed by atoms with Gasteiger partial charge >= 0.3 is 0 Å². The van der Waals surface area contributed by atoms with E-state index in [0.29, 0.717) is 12.1 Å². The SMILES string of the molecule is CC(=O)N(Cc1cncnc1)[C@H]1CCCN(c2cc(C)nc(C)c2C#N)CC1. The lowest BCUT2D eigenvalue weighted by Crippen LogP contribution is -2.39. The molecule has 28 heavy (non-hydrogen) atoms. The highest BCUT2D eigenvalue weighted by molar-refractivity contribution is 5.73. The van der Waals surface area contributed by atoms with E-state index < -0.39 is 0 Å². The number of anilines is 1. The van der Waals surface area contributed by atoms with Crippen LogP contribution in [0, 0.1) is 25.2 Å². The molecule has 0 aliphatic carbocycles. The Kier molecular flexibility index (Phi) is 6.19. The summed E-state index contributed by atoms with van der Waals surface area (Å²) in [7, 11) is 0. The fraction of sp³-hybridized carbons (Fsp3) is 0.476. The van der Waals surface area contributed by atoms with Crippen LogP contribution < -0.4 is 4.90 Å². The molecule has 1 saturated heterocycles. The minimum absolute atomic E-state index is 0.0654. The van der Waals surface area contributed by atoms with E-state index in [0.717, 1.165) is 55.0 Å². The lowest BCUT2D eigenvalue weighted by Gasteiger charge is -2.30. The second kappa shape index (κ2) is 8.79. The van der Waals surface area contributed by atoms with Gasteiger partial charge in [0.25, 0.3) is 0 Å². The Balaban J connectivity index is 1.77. The number of aromatic nitrogens is 3. The molecule has 0 N–H and O–H groups in total. The van der Waals surface area contributed by atoms with E-state index in [-0.39, 0.29) is 11.9 Å². The number of carbonyl (C=O) groups is 1. The van der Waals surface area contributed by atoms with E-state index in [1.165, 1.54) is 6.33 Å². The van der Waals surface area contributed by atoms with Crippen molar-refractivity contribution in [2.45, 2.75) is 52.6 Å². The van der Waals surface area contributed by atoms with Crippen molar-refractivity contribution in [3.8, 4) is 6.07 Å². The Morgan fingerprint density at radius 3 is 2.71 bits per heavy atom. The first-order valence-corrected chi connectivity index (χ1v) is 9.64. The van der Waals surface area contributed by atoms with Crippen molar-refractivity contribution in [3.63, 3.8) is 0 Å². The van der Waals surface area contributed by atoms with Crippen LogP contribution in [0.2, 0.25) is 0 Å². The highest BCUT2D eigenvalue weighted by atomic mass is 16.2. The van der Waals surface area contributed by atoms with E-state index in [1.807, 2.05) is 24.8 Å². The van der Waals surface area contributed by atoms with Gasteiger partial charge in [0, 0.05) is 56.3 Å². The number of aryl methyl sites for hydroxylation is 2. The van der Waals surface area contributed by atoms with Crippen molar-refractivity contribution < 1.29 is 4.79 Å². The normalized spacial score (nSPS) is 16.9. The Hall–Kier alpha value is -3.01. The standard InChI is InChI=1S/C21H26N6O/c1-15-9-21(20(10-22)16(2)25-15)26-7-4-5-19(6-8-26)27(17(3)28)13-18-11-23-14-24-12-18/h9,11-12,14,19H,4-8,13H2,1-3H3/t19-/m0/s1. The van der Waals surface area contributed by atoms with Gasteiger partial charge in [0.1, 0.15) is 12.4 Å². The largest absolute Gasteiger partial charge is 0.370 e. The number of nitrogens with zero attached hydrogens (tertiary/aromatic N) is 6. The summed E-state index contributed by atoms with van der Waals surface area (Å²) in [6.07, 6.45) is 7.77. The van der Waals surface area contributed by atoms with Crippen LogP contribution in [0.5, 0.6) is 0 Å². The predicted octanol–water partition coefficient (Wildman–Crippen LogP) is 2.77. The van der Waals surface area contributed by atoms with Crippen LogP contribution in [0.25, 0.3) is 0 Å². The molecule has 146 valence electrons. The van der Waals surface area contributed by atoms with Gasteiger partial charge in [-0.15, -0.1) is 0 Å². The molecule has 3 heterocycles. The fourth-order valence-corrected chi connectivity index (χ4v) is 3.93. The Morgan fingerprint density at radius 1 is 1.29 bits per heavy atom. The second-order valence-corrected chi connectivity index (χ2v) is 7.32. The molecule has 7 nitrogen and oxygen atoms in total. The smallest absolute Gasteiger partial charge is 0.219 e. The van der Waals surface area contributed by atoms with Gasteiger partial charge in [0.05, 0.1) is 16.9 Å². The second-order valence-electron chi connectivity index (χ2n) is 7.32. The molecule has 0 unspecified atom stereocenters. The molecular weight excluding hydrogens is 352 g/mol. The first kappa shape index (κ1) is 19.7. The molecule has 1 atom stereocenters. The maximum Gasteiger partial charge on any atom is 0.219 e. The zero-order valence-electron chi connectivity index (χ0n) is 16.7. The lowest BCUT2D eigenvalue weighted by molar-refractivity contribution is -0.132. The third kappa shape index (κ3) is 4.45. The van der Waals surface area contributed by atoms with E-state index >= 15 is 0 Å². The number of hydrogen-bond acceptors (Lipinski definition) is 6.